The maximum Gasteiger partial charge on any atom is 0.205 e. The summed E-state index contributed by atoms with van der Waals surface area (Å²) in [6, 6.07) is 7.80. The third-order valence-corrected chi connectivity index (χ3v) is 3.48. The lowest BCUT2D eigenvalue weighted by Gasteiger charge is -2.15. The van der Waals surface area contributed by atoms with Crippen LogP contribution in [-0.2, 0) is 9.05 Å². The SMILES string of the molecule is CCOP(OCC)c1ccc(OC)cc1. The Balaban J connectivity index is 2.72. The first-order valence-corrected chi connectivity index (χ1v) is 6.19. The van der Waals surface area contributed by atoms with Gasteiger partial charge in [0.25, 0.3) is 0 Å². The average Bonchev–Trinajstić information content (AvgIpc) is 2.29. The van der Waals surface area contributed by atoms with Gasteiger partial charge >= 0.3 is 0 Å². The molecule has 0 unspecified atom stereocenters. The van der Waals surface area contributed by atoms with E-state index >= 15 is 0 Å². The topological polar surface area (TPSA) is 27.7 Å². The van der Waals surface area contributed by atoms with Gasteiger partial charge in [-0.2, -0.15) is 0 Å². The van der Waals surface area contributed by atoms with Crippen molar-refractivity contribution in [2.24, 2.45) is 0 Å². The van der Waals surface area contributed by atoms with E-state index in [1.165, 1.54) is 0 Å². The number of hydrogen-bond donors (Lipinski definition) is 0. The van der Waals surface area contributed by atoms with E-state index in [0.717, 1.165) is 11.1 Å². The second-order valence-electron chi connectivity index (χ2n) is 2.79. The lowest BCUT2D eigenvalue weighted by Crippen LogP contribution is -2.05. The molecule has 3 nitrogen and oxygen atoms in total. The number of ether oxygens (including phenoxy) is 1. The molecule has 0 radical (unpaired) electrons. The minimum absolute atomic E-state index is 0.664. The molecule has 0 fully saturated rings. The number of hydrogen-bond acceptors (Lipinski definition) is 3. The van der Waals surface area contributed by atoms with Crippen LogP contribution >= 0.6 is 8.38 Å². The number of benzene rings is 1. The third kappa shape index (κ3) is 3.78. The molecule has 4 heteroatoms. The Labute approximate surface area is 92.3 Å². The van der Waals surface area contributed by atoms with Crippen LogP contribution in [0.1, 0.15) is 13.8 Å². The summed E-state index contributed by atoms with van der Waals surface area (Å²) < 4.78 is 16.2. The van der Waals surface area contributed by atoms with Gasteiger partial charge < -0.3 is 13.8 Å². The average molecular weight is 228 g/mol. The highest BCUT2D eigenvalue weighted by Gasteiger charge is 2.11. The Hall–Kier alpha value is -0.630. The van der Waals surface area contributed by atoms with E-state index in [1.54, 1.807) is 7.11 Å². The van der Waals surface area contributed by atoms with Crippen LogP contribution in [0.4, 0.5) is 0 Å². The van der Waals surface area contributed by atoms with E-state index in [0.29, 0.717) is 13.2 Å². The quantitative estimate of drug-likeness (QED) is 0.700. The van der Waals surface area contributed by atoms with Crippen LogP contribution in [-0.4, -0.2) is 20.3 Å². The normalized spacial score (nSPS) is 10.7. The molecule has 0 aliphatic rings. The molecule has 0 atom stereocenters. The molecule has 0 N–H and O–H groups in total. The van der Waals surface area contributed by atoms with Crippen molar-refractivity contribution in [2.75, 3.05) is 20.3 Å². The summed E-state index contributed by atoms with van der Waals surface area (Å²) in [4.78, 5) is 0. The fraction of sp³-hybridized carbons (Fsp3) is 0.455. The van der Waals surface area contributed by atoms with Crippen LogP contribution < -0.4 is 10.0 Å². The monoisotopic (exact) mass is 228 g/mol. The van der Waals surface area contributed by atoms with E-state index in [-0.39, 0.29) is 0 Å². The van der Waals surface area contributed by atoms with Crippen LogP contribution in [0.5, 0.6) is 5.75 Å². The Morgan fingerprint density at radius 1 is 1.00 bits per heavy atom. The fourth-order valence-electron chi connectivity index (χ4n) is 1.12. The van der Waals surface area contributed by atoms with Gasteiger partial charge in [-0.05, 0) is 38.1 Å². The molecule has 1 rings (SSSR count). The van der Waals surface area contributed by atoms with Gasteiger partial charge in [0.05, 0.1) is 20.3 Å². The molecule has 0 spiro atoms. The molecule has 0 saturated heterocycles. The van der Waals surface area contributed by atoms with Crippen LogP contribution in [0.15, 0.2) is 24.3 Å². The Morgan fingerprint density at radius 2 is 1.53 bits per heavy atom. The van der Waals surface area contributed by atoms with Crippen molar-refractivity contribution in [2.45, 2.75) is 13.8 Å². The van der Waals surface area contributed by atoms with Gasteiger partial charge in [-0.1, -0.05) is 0 Å². The highest BCUT2D eigenvalue weighted by molar-refractivity contribution is 7.56. The predicted molar refractivity (Wildman–Crippen MR) is 62.8 cm³/mol. The fourth-order valence-corrected chi connectivity index (χ4v) is 2.36. The van der Waals surface area contributed by atoms with Gasteiger partial charge in [-0.25, -0.2) is 0 Å². The van der Waals surface area contributed by atoms with E-state index in [2.05, 4.69) is 0 Å². The van der Waals surface area contributed by atoms with Gasteiger partial charge in [-0.15, -0.1) is 0 Å². The lowest BCUT2D eigenvalue weighted by atomic mass is 10.3. The maximum absolute atomic E-state index is 5.54. The highest BCUT2D eigenvalue weighted by atomic mass is 31.2. The molecule has 0 aliphatic heterocycles. The van der Waals surface area contributed by atoms with Crippen LogP contribution in [0, 0.1) is 0 Å². The second kappa shape index (κ2) is 6.78. The first-order valence-electron chi connectivity index (χ1n) is 5.01. The molecular weight excluding hydrogens is 211 g/mol. The standard InChI is InChI=1S/C11H17O3P/c1-4-13-15(14-5-2)11-8-6-10(12-3)7-9-11/h6-9H,4-5H2,1-3H3. The van der Waals surface area contributed by atoms with Gasteiger partial charge in [0.2, 0.25) is 8.38 Å². The molecule has 0 bridgehead atoms. The number of methoxy groups -OCH3 is 1. The van der Waals surface area contributed by atoms with Crippen molar-refractivity contribution in [3.05, 3.63) is 24.3 Å². The van der Waals surface area contributed by atoms with Crippen LogP contribution in [0.2, 0.25) is 0 Å². The molecule has 15 heavy (non-hydrogen) atoms. The summed E-state index contributed by atoms with van der Waals surface area (Å²) in [6.07, 6.45) is 0. The maximum atomic E-state index is 5.54. The summed E-state index contributed by atoms with van der Waals surface area (Å²) in [5, 5.41) is 1.08. The van der Waals surface area contributed by atoms with Gasteiger partial charge in [0.15, 0.2) is 0 Å². The molecule has 1 aromatic rings. The van der Waals surface area contributed by atoms with E-state index in [4.69, 9.17) is 13.8 Å². The zero-order valence-corrected chi connectivity index (χ0v) is 10.3. The summed E-state index contributed by atoms with van der Waals surface area (Å²) in [7, 11) is 0.727. The molecule has 0 amide bonds. The third-order valence-electron chi connectivity index (χ3n) is 1.78. The van der Waals surface area contributed by atoms with Crippen molar-refractivity contribution >= 4 is 13.7 Å². The zero-order chi connectivity index (χ0) is 11.1. The van der Waals surface area contributed by atoms with Gasteiger partial charge in [-0.3, -0.25) is 0 Å². The van der Waals surface area contributed by atoms with Crippen LogP contribution in [0.3, 0.4) is 0 Å². The predicted octanol–water partition coefficient (Wildman–Crippen LogP) is 2.71. The number of rotatable bonds is 6. The second-order valence-corrected chi connectivity index (χ2v) is 4.34. The molecule has 84 valence electrons. The van der Waals surface area contributed by atoms with Crippen molar-refractivity contribution < 1.29 is 13.8 Å². The van der Waals surface area contributed by atoms with Crippen molar-refractivity contribution in [3.8, 4) is 5.75 Å². The smallest absolute Gasteiger partial charge is 0.205 e. The first kappa shape index (κ1) is 12.4. The molecule has 0 heterocycles. The first-order chi connectivity index (χ1) is 7.31. The van der Waals surface area contributed by atoms with Crippen LogP contribution in [0.25, 0.3) is 0 Å². The summed E-state index contributed by atoms with van der Waals surface area (Å²) in [6.45, 7) is 5.27. The van der Waals surface area contributed by atoms with Crippen molar-refractivity contribution in [3.63, 3.8) is 0 Å². The summed E-state index contributed by atoms with van der Waals surface area (Å²) >= 11 is 0. The van der Waals surface area contributed by atoms with E-state index in [9.17, 15) is 0 Å². The molecule has 0 aromatic heterocycles. The van der Waals surface area contributed by atoms with E-state index in [1.807, 2.05) is 38.1 Å². The largest absolute Gasteiger partial charge is 0.497 e. The summed E-state index contributed by atoms with van der Waals surface area (Å²) in [5.74, 6) is 0.849. The molecule has 1 aromatic carbocycles. The molecule has 0 aliphatic carbocycles. The molecule has 0 saturated carbocycles. The van der Waals surface area contributed by atoms with E-state index < -0.39 is 8.38 Å². The minimum Gasteiger partial charge on any atom is -0.497 e. The summed E-state index contributed by atoms with van der Waals surface area (Å²) in [5.41, 5.74) is 0. The Kier molecular flexibility index (Phi) is 5.62. The Bertz CT molecular complexity index is 268. The van der Waals surface area contributed by atoms with Gasteiger partial charge in [0, 0.05) is 5.30 Å². The van der Waals surface area contributed by atoms with Gasteiger partial charge in [0.1, 0.15) is 5.75 Å². The minimum atomic E-state index is -0.929. The Morgan fingerprint density at radius 3 is 1.93 bits per heavy atom. The van der Waals surface area contributed by atoms with Crippen molar-refractivity contribution in [1.82, 2.24) is 0 Å². The lowest BCUT2D eigenvalue weighted by molar-refractivity contribution is 0.277. The molecular formula is C11H17O3P. The highest BCUT2D eigenvalue weighted by Crippen LogP contribution is 2.37. The van der Waals surface area contributed by atoms with Crippen molar-refractivity contribution in [1.29, 1.82) is 0 Å². The zero-order valence-electron chi connectivity index (χ0n) is 9.40.